The van der Waals surface area contributed by atoms with Gasteiger partial charge < -0.3 is 10.4 Å². The predicted octanol–water partition coefficient (Wildman–Crippen LogP) is 1.15. The topological polar surface area (TPSA) is 93.4 Å². The highest BCUT2D eigenvalue weighted by molar-refractivity contribution is 5.92. The molecule has 2 atom stereocenters. The molecule has 2 N–H and O–H groups in total. The van der Waals surface area contributed by atoms with E-state index in [1.165, 1.54) is 0 Å². The standard InChI is InChI=1S/C15H17N3O3/c1-10-7-18(8-13(10)15(20)21)9-14(19)17-12-4-2-11(6-16)3-5-12/h2-5,10,13H,7-9H2,1H3,(H,17,19)(H,20,21)/t10-,13-/m1/s1. The number of anilines is 1. The molecule has 1 amide bonds. The zero-order chi connectivity index (χ0) is 15.4. The van der Waals surface area contributed by atoms with E-state index in [0.717, 1.165) is 0 Å². The molecule has 0 aliphatic carbocycles. The number of aliphatic carboxylic acids is 1. The van der Waals surface area contributed by atoms with Crippen molar-refractivity contribution in [2.24, 2.45) is 11.8 Å². The first-order valence-electron chi connectivity index (χ1n) is 6.74. The van der Waals surface area contributed by atoms with E-state index >= 15 is 0 Å². The van der Waals surface area contributed by atoms with Crippen molar-refractivity contribution < 1.29 is 14.7 Å². The molecule has 0 aromatic heterocycles. The first-order valence-corrected chi connectivity index (χ1v) is 6.74. The highest BCUT2D eigenvalue weighted by Gasteiger charge is 2.35. The average molecular weight is 287 g/mol. The van der Waals surface area contributed by atoms with Crippen LogP contribution in [-0.4, -0.2) is 41.5 Å². The summed E-state index contributed by atoms with van der Waals surface area (Å²) in [4.78, 5) is 24.8. The van der Waals surface area contributed by atoms with Crippen molar-refractivity contribution >= 4 is 17.6 Å². The second-order valence-electron chi connectivity index (χ2n) is 5.35. The summed E-state index contributed by atoms with van der Waals surface area (Å²) in [7, 11) is 0. The minimum atomic E-state index is -0.808. The molecule has 0 saturated carbocycles. The van der Waals surface area contributed by atoms with Gasteiger partial charge in [0.05, 0.1) is 24.1 Å². The van der Waals surface area contributed by atoms with E-state index in [-0.39, 0.29) is 18.4 Å². The number of rotatable bonds is 4. The number of amides is 1. The summed E-state index contributed by atoms with van der Waals surface area (Å²) in [5.74, 6) is -1.35. The molecule has 110 valence electrons. The fourth-order valence-corrected chi connectivity index (χ4v) is 2.55. The molecule has 1 aromatic rings. The number of likely N-dealkylation sites (tertiary alicyclic amines) is 1. The Balaban J connectivity index is 1.87. The van der Waals surface area contributed by atoms with Crippen LogP contribution >= 0.6 is 0 Å². The van der Waals surface area contributed by atoms with Crippen LogP contribution in [0.4, 0.5) is 5.69 Å². The molecule has 1 fully saturated rings. The number of carboxylic acids is 1. The molecular formula is C15H17N3O3. The number of carboxylic acid groups (broad SMARTS) is 1. The summed E-state index contributed by atoms with van der Waals surface area (Å²) in [5, 5.41) is 20.5. The summed E-state index contributed by atoms with van der Waals surface area (Å²) in [5.41, 5.74) is 1.16. The zero-order valence-electron chi connectivity index (χ0n) is 11.7. The van der Waals surface area contributed by atoms with Crippen LogP contribution in [0, 0.1) is 23.2 Å². The van der Waals surface area contributed by atoms with Crippen molar-refractivity contribution in [3.05, 3.63) is 29.8 Å². The maximum absolute atomic E-state index is 11.9. The predicted molar refractivity (Wildman–Crippen MR) is 76.5 cm³/mol. The minimum absolute atomic E-state index is 0.0465. The van der Waals surface area contributed by atoms with Crippen LogP contribution in [-0.2, 0) is 9.59 Å². The van der Waals surface area contributed by atoms with Gasteiger partial charge in [-0.2, -0.15) is 5.26 Å². The SMILES string of the molecule is C[C@@H]1CN(CC(=O)Nc2ccc(C#N)cc2)C[C@H]1C(=O)O. The van der Waals surface area contributed by atoms with Gasteiger partial charge in [-0.05, 0) is 30.2 Å². The summed E-state index contributed by atoms with van der Waals surface area (Å²) < 4.78 is 0. The zero-order valence-corrected chi connectivity index (χ0v) is 11.7. The smallest absolute Gasteiger partial charge is 0.308 e. The maximum atomic E-state index is 11.9. The Hall–Kier alpha value is -2.39. The van der Waals surface area contributed by atoms with Gasteiger partial charge in [0.1, 0.15) is 0 Å². The van der Waals surface area contributed by atoms with Crippen molar-refractivity contribution in [3.8, 4) is 6.07 Å². The van der Waals surface area contributed by atoms with Crippen molar-refractivity contribution in [1.82, 2.24) is 4.90 Å². The van der Waals surface area contributed by atoms with E-state index < -0.39 is 11.9 Å². The molecule has 1 saturated heterocycles. The summed E-state index contributed by atoms with van der Waals surface area (Å²) in [6, 6.07) is 8.62. The van der Waals surface area contributed by atoms with E-state index in [9.17, 15) is 9.59 Å². The van der Waals surface area contributed by atoms with Crippen molar-refractivity contribution in [3.63, 3.8) is 0 Å². The van der Waals surface area contributed by atoms with Crippen molar-refractivity contribution in [2.45, 2.75) is 6.92 Å². The van der Waals surface area contributed by atoms with Gasteiger partial charge in [0, 0.05) is 18.8 Å². The molecule has 0 bridgehead atoms. The first kappa shape index (κ1) is 15.0. The Bertz CT molecular complexity index is 577. The van der Waals surface area contributed by atoms with Crippen LogP contribution in [0.15, 0.2) is 24.3 Å². The fraction of sp³-hybridized carbons (Fsp3) is 0.400. The van der Waals surface area contributed by atoms with Gasteiger partial charge in [-0.25, -0.2) is 0 Å². The normalized spacial score (nSPS) is 21.7. The van der Waals surface area contributed by atoms with E-state index in [1.807, 2.05) is 17.9 Å². The summed E-state index contributed by atoms with van der Waals surface area (Å²) in [6.07, 6.45) is 0. The van der Waals surface area contributed by atoms with Gasteiger partial charge in [-0.3, -0.25) is 14.5 Å². The molecule has 1 aliphatic heterocycles. The maximum Gasteiger partial charge on any atom is 0.308 e. The number of carbonyl (C=O) groups excluding carboxylic acids is 1. The molecule has 1 heterocycles. The van der Waals surface area contributed by atoms with E-state index in [0.29, 0.717) is 24.3 Å². The molecular weight excluding hydrogens is 270 g/mol. The second-order valence-corrected chi connectivity index (χ2v) is 5.35. The van der Waals surface area contributed by atoms with Crippen LogP contribution in [0.25, 0.3) is 0 Å². The summed E-state index contributed by atoms with van der Waals surface area (Å²) in [6.45, 7) is 3.07. The molecule has 0 unspecified atom stereocenters. The third-order valence-corrected chi connectivity index (χ3v) is 3.67. The van der Waals surface area contributed by atoms with Crippen LogP contribution in [0.5, 0.6) is 0 Å². The van der Waals surface area contributed by atoms with Gasteiger partial charge in [-0.1, -0.05) is 6.92 Å². The molecule has 6 heteroatoms. The molecule has 1 aromatic carbocycles. The Kier molecular flexibility index (Phi) is 4.55. The van der Waals surface area contributed by atoms with Crippen LogP contribution < -0.4 is 5.32 Å². The van der Waals surface area contributed by atoms with Gasteiger partial charge in [0.25, 0.3) is 0 Å². The lowest BCUT2D eigenvalue weighted by Crippen LogP contribution is -2.32. The van der Waals surface area contributed by atoms with Crippen LogP contribution in [0.3, 0.4) is 0 Å². The Morgan fingerprint density at radius 1 is 1.38 bits per heavy atom. The molecule has 6 nitrogen and oxygen atoms in total. The quantitative estimate of drug-likeness (QED) is 0.866. The Labute approximate surface area is 123 Å². The molecule has 2 rings (SSSR count). The van der Waals surface area contributed by atoms with E-state index in [2.05, 4.69) is 5.32 Å². The highest BCUT2D eigenvalue weighted by Crippen LogP contribution is 2.22. The number of hydrogen-bond acceptors (Lipinski definition) is 4. The van der Waals surface area contributed by atoms with E-state index in [4.69, 9.17) is 10.4 Å². The molecule has 1 aliphatic rings. The largest absolute Gasteiger partial charge is 0.481 e. The molecule has 0 radical (unpaired) electrons. The second kappa shape index (κ2) is 6.37. The van der Waals surface area contributed by atoms with Crippen LogP contribution in [0.2, 0.25) is 0 Å². The third kappa shape index (κ3) is 3.80. The van der Waals surface area contributed by atoms with Crippen LogP contribution in [0.1, 0.15) is 12.5 Å². The lowest BCUT2D eigenvalue weighted by molar-refractivity contribution is -0.142. The van der Waals surface area contributed by atoms with Gasteiger partial charge in [0.15, 0.2) is 0 Å². The Morgan fingerprint density at radius 3 is 2.57 bits per heavy atom. The lowest BCUT2D eigenvalue weighted by Gasteiger charge is -2.14. The third-order valence-electron chi connectivity index (χ3n) is 3.67. The van der Waals surface area contributed by atoms with Crippen molar-refractivity contribution in [2.75, 3.05) is 25.0 Å². The van der Waals surface area contributed by atoms with E-state index in [1.54, 1.807) is 24.3 Å². The lowest BCUT2D eigenvalue weighted by atomic mass is 9.99. The number of hydrogen-bond donors (Lipinski definition) is 2. The Morgan fingerprint density at radius 2 is 2.05 bits per heavy atom. The number of nitrogens with zero attached hydrogens (tertiary/aromatic N) is 2. The molecule has 0 spiro atoms. The average Bonchev–Trinajstić information content (AvgIpc) is 2.80. The number of carbonyl (C=O) groups is 2. The first-order chi connectivity index (χ1) is 9.99. The van der Waals surface area contributed by atoms with Crippen molar-refractivity contribution in [1.29, 1.82) is 5.26 Å². The number of nitriles is 1. The highest BCUT2D eigenvalue weighted by atomic mass is 16.4. The van der Waals surface area contributed by atoms with Gasteiger partial charge >= 0.3 is 5.97 Å². The number of nitrogens with one attached hydrogen (secondary N) is 1. The van der Waals surface area contributed by atoms with Gasteiger partial charge in [0.2, 0.25) is 5.91 Å². The summed E-state index contributed by atoms with van der Waals surface area (Å²) >= 11 is 0. The number of benzene rings is 1. The monoisotopic (exact) mass is 287 g/mol. The minimum Gasteiger partial charge on any atom is -0.481 e. The fourth-order valence-electron chi connectivity index (χ4n) is 2.55. The van der Waals surface area contributed by atoms with Gasteiger partial charge in [-0.15, -0.1) is 0 Å². The molecule has 21 heavy (non-hydrogen) atoms.